The third-order valence-corrected chi connectivity index (χ3v) is 2.53. The SMILES string of the molecule is C=C(Cl)CC(=O)C(C)NC(=O)OCc1ccccc1. The Labute approximate surface area is 117 Å². The number of hydrogen-bond donors (Lipinski definition) is 1. The molecular formula is C14H16ClNO3. The second kappa shape index (κ2) is 7.59. The number of amides is 1. The van der Waals surface area contributed by atoms with Gasteiger partial charge in [0.15, 0.2) is 5.78 Å². The van der Waals surface area contributed by atoms with Crippen molar-refractivity contribution >= 4 is 23.5 Å². The van der Waals surface area contributed by atoms with Crippen LogP contribution < -0.4 is 5.32 Å². The second-order valence-electron chi connectivity index (χ2n) is 4.09. The summed E-state index contributed by atoms with van der Waals surface area (Å²) >= 11 is 5.54. The molecule has 0 aromatic heterocycles. The van der Waals surface area contributed by atoms with Crippen LogP contribution in [0.1, 0.15) is 18.9 Å². The molecule has 1 atom stereocenters. The number of ether oxygens (including phenoxy) is 1. The Morgan fingerprint density at radius 1 is 1.37 bits per heavy atom. The molecule has 0 fully saturated rings. The summed E-state index contributed by atoms with van der Waals surface area (Å²) in [4.78, 5) is 23.0. The average Bonchev–Trinajstić information content (AvgIpc) is 2.36. The van der Waals surface area contributed by atoms with E-state index in [2.05, 4.69) is 11.9 Å². The fourth-order valence-corrected chi connectivity index (χ4v) is 1.50. The molecule has 0 radical (unpaired) electrons. The quantitative estimate of drug-likeness (QED) is 0.872. The predicted octanol–water partition coefficient (Wildman–Crippen LogP) is 3.01. The Hall–Kier alpha value is -1.81. The van der Waals surface area contributed by atoms with Crippen LogP contribution in [-0.2, 0) is 16.1 Å². The highest BCUT2D eigenvalue weighted by molar-refractivity contribution is 6.30. The van der Waals surface area contributed by atoms with Crippen LogP contribution in [0.25, 0.3) is 0 Å². The van der Waals surface area contributed by atoms with Gasteiger partial charge in [0.05, 0.1) is 6.04 Å². The van der Waals surface area contributed by atoms with E-state index < -0.39 is 12.1 Å². The molecule has 0 aliphatic carbocycles. The van der Waals surface area contributed by atoms with Gasteiger partial charge in [0.2, 0.25) is 0 Å². The number of nitrogens with one attached hydrogen (secondary N) is 1. The van der Waals surface area contributed by atoms with Gasteiger partial charge in [-0.2, -0.15) is 0 Å². The minimum atomic E-state index is -0.654. The van der Waals surface area contributed by atoms with Gasteiger partial charge in [0.25, 0.3) is 0 Å². The summed E-state index contributed by atoms with van der Waals surface area (Å²) in [5.74, 6) is -0.211. The van der Waals surface area contributed by atoms with Gasteiger partial charge < -0.3 is 10.1 Å². The molecule has 0 aliphatic heterocycles. The maximum absolute atomic E-state index is 11.5. The van der Waals surface area contributed by atoms with Crippen LogP contribution in [0.4, 0.5) is 4.79 Å². The molecule has 4 nitrogen and oxygen atoms in total. The van der Waals surface area contributed by atoms with Crippen LogP contribution in [0, 0.1) is 0 Å². The summed E-state index contributed by atoms with van der Waals surface area (Å²) in [6.45, 7) is 5.17. The minimum Gasteiger partial charge on any atom is -0.445 e. The first-order valence-corrected chi connectivity index (χ1v) is 6.20. The lowest BCUT2D eigenvalue weighted by molar-refractivity contribution is -0.119. The molecule has 1 rings (SSSR count). The highest BCUT2D eigenvalue weighted by Crippen LogP contribution is 2.06. The number of carbonyl (C=O) groups excluding carboxylic acids is 2. The molecule has 0 spiro atoms. The average molecular weight is 282 g/mol. The molecule has 1 aromatic rings. The first kappa shape index (κ1) is 15.2. The van der Waals surface area contributed by atoms with Gasteiger partial charge >= 0.3 is 6.09 Å². The third-order valence-electron chi connectivity index (χ3n) is 2.40. The number of carbonyl (C=O) groups is 2. The van der Waals surface area contributed by atoms with E-state index in [-0.39, 0.29) is 23.8 Å². The first-order valence-electron chi connectivity index (χ1n) is 5.82. The zero-order chi connectivity index (χ0) is 14.3. The van der Waals surface area contributed by atoms with Gasteiger partial charge in [-0.15, -0.1) is 0 Å². The topological polar surface area (TPSA) is 55.4 Å². The zero-order valence-corrected chi connectivity index (χ0v) is 11.4. The molecule has 1 aromatic carbocycles. The van der Waals surface area contributed by atoms with Crippen molar-refractivity contribution in [2.24, 2.45) is 0 Å². The highest BCUT2D eigenvalue weighted by Gasteiger charge is 2.16. The van der Waals surface area contributed by atoms with E-state index in [1.807, 2.05) is 30.3 Å². The van der Waals surface area contributed by atoms with Gasteiger partial charge in [-0.1, -0.05) is 48.5 Å². The Bertz CT molecular complexity index is 459. The molecule has 0 aliphatic rings. The molecule has 0 bridgehead atoms. The van der Waals surface area contributed by atoms with Crippen molar-refractivity contribution in [3.8, 4) is 0 Å². The van der Waals surface area contributed by atoms with Crippen LogP contribution in [0.5, 0.6) is 0 Å². The van der Waals surface area contributed by atoms with Crippen LogP contribution >= 0.6 is 11.6 Å². The number of Topliss-reactive ketones (excluding diaryl/α,β-unsaturated/α-hetero) is 1. The standard InChI is InChI=1S/C14H16ClNO3/c1-10(15)8-13(17)11(2)16-14(18)19-9-12-6-4-3-5-7-12/h3-7,11H,1,8-9H2,2H3,(H,16,18). The van der Waals surface area contributed by atoms with E-state index in [1.165, 1.54) is 0 Å². The van der Waals surface area contributed by atoms with Gasteiger partial charge in [-0.25, -0.2) is 4.79 Å². The van der Waals surface area contributed by atoms with E-state index in [9.17, 15) is 9.59 Å². The number of halogens is 1. The number of hydrogen-bond acceptors (Lipinski definition) is 3. The van der Waals surface area contributed by atoms with Crippen molar-refractivity contribution in [3.05, 3.63) is 47.5 Å². The largest absolute Gasteiger partial charge is 0.445 e. The number of alkyl carbamates (subject to hydrolysis) is 1. The summed E-state index contributed by atoms with van der Waals surface area (Å²) in [6, 6.07) is 8.63. The molecular weight excluding hydrogens is 266 g/mol. The van der Waals surface area contributed by atoms with Crippen molar-refractivity contribution in [1.82, 2.24) is 5.32 Å². The predicted molar refractivity (Wildman–Crippen MR) is 73.8 cm³/mol. The lowest BCUT2D eigenvalue weighted by Gasteiger charge is -2.12. The number of rotatable bonds is 6. The van der Waals surface area contributed by atoms with E-state index in [1.54, 1.807) is 6.92 Å². The molecule has 1 unspecified atom stereocenters. The molecule has 0 saturated carbocycles. The molecule has 0 saturated heterocycles. The fraction of sp³-hybridized carbons (Fsp3) is 0.286. The Morgan fingerprint density at radius 3 is 2.58 bits per heavy atom. The van der Waals surface area contributed by atoms with Gasteiger partial charge in [0, 0.05) is 11.5 Å². The molecule has 1 amide bonds. The van der Waals surface area contributed by atoms with Crippen LogP contribution in [0.15, 0.2) is 41.9 Å². The third kappa shape index (κ3) is 6.06. The summed E-state index contributed by atoms with van der Waals surface area (Å²) in [5.41, 5.74) is 0.880. The van der Waals surface area contributed by atoms with Crippen LogP contribution in [0.2, 0.25) is 0 Å². The van der Waals surface area contributed by atoms with Gasteiger partial charge in [-0.3, -0.25) is 4.79 Å². The van der Waals surface area contributed by atoms with Crippen molar-refractivity contribution in [2.75, 3.05) is 0 Å². The van der Waals surface area contributed by atoms with Crippen LogP contribution in [0.3, 0.4) is 0 Å². The maximum Gasteiger partial charge on any atom is 0.408 e. The van der Waals surface area contributed by atoms with E-state index in [0.717, 1.165) is 5.56 Å². The van der Waals surface area contributed by atoms with E-state index in [0.29, 0.717) is 0 Å². The van der Waals surface area contributed by atoms with Gasteiger partial charge in [0.1, 0.15) is 6.61 Å². The molecule has 1 N–H and O–H groups in total. The highest BCUT2D eigenvalue weighted by atomic mass is 35.5. The van der Waals surface area contributed by atoms with E-state index in [4.69, 9.17) is 16.3 Å². The summed E-state index contributed by atoms with van der Waals surface area (Å²) in [6.07, 6.45) is -0.605. The lowest BCUT2D eigenvalue weighted by Crippen LogP contribution is -2.38. The minimum absolute atomic E-state index is 0.0295. The Kier molecular flexibility index (Phi) is 6.09. The zero-order valence-electron chi connectivity index (χ0n) is 10.7. The van der Waals surface area contributed by atoms with Crippen molar-refractivity contribution in [3.63, 3.8) is 0 Å². The first-order chi connectivity index (χ1) is 8.99. The van der Waals surface area contributed by atoms with Crippen LogP contribution in [-0.4, -0.2) is 17.9 Å². The summed E-state index contributed by atoms with van der Waals surface area (Å²) < 4.78 is 5.00. The number of benzene rings is 1. The van der Waals surface area contributed by atoms with Crippen molar-refractivity contribution < 1.29 is 14.3 Å². The molecule has 0 heterocycles. The smallest absolute Gasteiger partial charge is 0.408 e. The number of allylic oxidation sites excluding steroid dienone is 1. The Balaban J connectivity index is 2.35. The Morgan fingerprint density at radius 2 is 2.00 bits per heavy atom. The molecule has 5 heteroatoms. The summed E-state index contributed by atoms with van der Waals surface area (Å²) in [7, 11) is 0. The molecule has 19 heavy (non-hydrogen) atoms. The number of ketones is 1. The van der Waals surface area contributed by atoms with E-state index >= 15 is 0 Å². The summed E-state index contributed by atoms with van der Waals surface area (Å²) in [5, 5.41) is 2.69. The normalized spacial score (nSPS) is 11.5. The second-order valence-corrected chi connectivity index (χ2v) is 4.62. The monoisotopic (exact) mass is 281 g/mol. The fourth-order valence-electron chi connectivity index (χ4n) is 1.36. The maximum atomic E-state index is 11.5. The van der Waals surface area contributed by atoms with Crippen molar-refractivity contribution in [2.45, 2.75) is 26.0 Å². The molecule has 102 valence electrons. The van der Waals surface area contributed by atoms with Crippen molar-refractivity contribution in [1.29, 1.82) is 0 Å². The van der Waals surface area contributed by atoms with Gasteiger partial charge in [-0.05, 0) is 12.5 Å². The lowest BCUT2D eigenvalue weighted by atomic mass is 10.1.